The normalized spacial score (nSPS) is 41.1. The Bertz CT molecular complexity index is 250. The van der Waals surface area contributed by atoms with Gasteiger partial charge in [-0.15, -0.1) is 0 Å². The minimum Gasteiger partial charge on any atom is -0.325 e. The Balaban J connectivity index is 1.65. The van der Waals surface area contributed by atoms with Crippen LogP contribution in [0.2, 0.25) is 0 Å². The van der Waals surface area contributed by atoms with Gasteiger partial charge in [-0.3, -0.25) is 0 Å². The Labute approximate surface area is 107 Å². The van der Waals surface area contributed by atoms with Crippen LogP contribution >= 0.6 is 0 Å². The Hall–Kier alpha value is -0.0400. The van der Waals surface area contributed by atoms with E-state index in [0.29, 0.717) is 0 Å². The van der Waals surface area contributed by atoms with Crippen LogP contribution in [0.25, 0.3) is 0 Å². The molecule has 2 atom stereocenters. The van der Waals surface area contributed by atoms with Crippen LogP contribution in [0.15, 0.2) is 0 Å². The first-order valence-electron chi connectivity index (χ1n) is 8.07. The summed E-state index contributed by atoms with van der Waals surface area (Å²) in [5.41, 5.74) is 7.09. The van der Waals surface area contributed by atoms with Crippen molar-refractivity contribution in [2.45, 2.75) is 82.6 Å². The molecule has 0 heterocycles. The molecule has 0 aromatic rings. The summed E-state index contributed by atoms with van der Waals surface area (Å²) in [5, 5.41) is 0. The van der Waals surface area contributed by atoms with E-state index in [1.54, 1.807) is 0 Å². The molecule has 98 valence electrons. The molecule has 0 amide bonds. The molecule has 3 aliphatic rings. The first-order valence-corrected chi connectivity index (χ1v) is 8.07. The van der Waals surface area contributed by atoms with Crippen molar-refractivity contribution in [3.05, 3.63) is 0 Å². The summed E-state index contributed by atoms with van der Waals surface area (Å²) in [6.45, 7) is 0. The molecule has 0 aromatic heterocycles. The second-order valence-corrected chi connectivity index (χ2v) is 7.12. The maximum absolute atomic E-state index is 6.86. The van der Waals surface area contributed by atoms with Gasteiger partial charge in [-0.05, 0) is 56.3 Å². The van der Waals surface area contributed by atoms with Gasteiger partial charge in [-0.1, -0.05) is 38.5 Å². The highest BCUT2D eigenvalue weighted by Gasteiger charge is 2.43. The highest BCUT2D eigenvalue weighted by molar-refractivity contribution is 4.99. The maximum atomic E-state index is 6.86. The van der Waals surface area contributed by atoms with E-state index in [-0.39, 0.29) is 5.54 Å². The lowest BCUT2D eigenvalue weighted by Crippen LogP contribution is -2.50. The lowest BCUT2D eigenvalue weighted by Gasteiger charge is -2.44. The summed E-state index contributed by atoms with van der Waals surface area (Å²) in [6.07, 6.45) is 17.2. The van der Waals surface area contributed by atoms with Gasteiger partial charge in [0.05, 0.1) is 0 Å². The lowest BCUT2D eigenvalue weighted by molar-refractivity contribution is 0.129. The molecule has 17 heavy (non-hydrogen) atoms. The molecule has 3 saturated carbocycles. The summed E-state index contributed by atoms with van der Waals surface area (Å²) in [4.78, 5) is 0. The average Bonchev–Trinajstić information content (AvgIpc) is 3.17. The molecule has 0 bridgehead atoms. The van der Waals surface area contributed by atoms with E-state index in [1.165, 1.54) is 77.0 Å². The third-order valence-electron chi connectivity index (χ3n) is 5.82. The second kappa shape index (κ2) is 4.91. The summed E-state index contributed by atoms with van der Waals surface area (Å²) in [5.74, 6) is 2.92. The van der Waals surface area contributed by atoms with Gasteiger partial charge in [0, 0.05) is 5.54 Å². The van der Waals surface area contributed by atoms with Gasteiger partial charge < -0.3 is 5.73 Å². The molecule has 2 N–H and O–H groups in total. The fourth-order valence-electron chi connectivity index (χ4n) is 4.58. The molecule has 0 radical (unpaired) electrons. The predicted molar refractivity (Wildman–Crippen MR) is 72.8 cm³/mol. The Morgan fingerprint density at radius 1 is 0.706 bits per heavy atom. The third kappa shape index (κ3) is 2.70. The van der Waals surface area contributed by atoms with Crippen molar-refractivity contribution >= 4 is 0 Å². The molecule has 3 rings (SSSR count). The molecular formula is C16H29N. The zero-order chi connectivity index (χ0) is 11.7. The first-order chi connectivity index (χ1) is 8.28. The van der Waals surface area contributed by atoms with E-state index in [9.17, 15) is 0 Å². The summed E-state index contributed by atoms with van der Waals surface area (Å²) < 4.78 is 0. The summed E-state index contributed by atoms with van der Waals surface area (Å²) >= 11 is 0. The zero-order valence-corrected chi connectivity index (χ0v) is 11.3. The third-order valence-corrected chi connectivity index (χ3v) is 5.82. The molecular weight excluding hydrogens is 206 g/mol. The number of nitrogens with two attached hydrogens (primary N) is 1. The van der Waals surface area contributed by atoms with Crippen LogP contribution in [-0.2, 0) is 0 Å². The van der Waals surface area contributed by atoms with E-state index < -0.39 is 0 Å². The molecule has 1 heteroatoms. The maximum Gasteiger partial charge on any atom is 0.0185 e. The monoisotopic (exact) mass is 235 g/mol. The quantitative estimate of drug-likeness (QED) is 0.711. The van der Waals surface area contributed by atoms with Gasteiger partial charge in [0.25, 0.3) is 0 Å². The van der Waals surface area contributed by atoms with Crippen molar-refractivity contribution in [3.63, 3.8) is 0 Å². The van der Waals surface area contributed by atoms with Crippen molar-refractivity contribution in [1.29, 1.82) is 0 Å². The average molecular weight is 235 g/mol. The van der Waals surface area contributed by atoms with Gasteiger partial charge in [-0.25, -0.2) is 0 Å². The molecule has 0 saturated heterocycles. The lowest BCUT2D eigenvalue weighted by atomic mass is 9.66. The minimum atomic E-state index is 0.232. The summed E-state index contributed by atoms with van der Waals surface area (Å²) in [7, 11) is 0. The first kappa shape index (κ1) is 12.0. The van der Waals surface area contributed by atoms with E-state index >= 15 is 0 Å². The van der Waals surface area contributed by atoms with Crippen molar-refractivity contribution in [2.75, 3.05) is 0 Å². The highest BCUT2D eigenvalue weighted by atomic mass is 14.8. The van der Waals surface area contributed by atoms with E-state index in [0.717, 1.165) is 17.8 Å². The smallest absolute Gasteiger partial charge is 0.0185 e. The SMILES string of the molecule is NC1(C2CCCCCC2)CCCC(C2CC2)C1. The highest BCUT2D eigenvalue weighted by Crippen LogP contribution is 2.49. The number of hydrogen-bond donors (Lipinski definition) is 1. The molecule has 1 nitrogen and oxygen atoms in total. The van der Waals surface area contributed by atoms with Gasteiger partial charge in [0.1, 0.15) is 0 Å². The predicted octanol–water partition coefficient (Wildman–Crippen LogP) is 4.25. The van der Waals surface area contributed by atoms with Crippen molar-refractivity contribution < 1.29 is 0 Å². The topological polar surface area (TPSA) is 26.0 Å². The number of rotatable bonds is 2. The molecule has 0 aromatic carbocycles. The van der Waals surface area contributed by atoms with E-state index in [2.05, 4.69) is 0 Å². The van der Waals surface area contributed by atoms with Crippen molar-refractivity contribution in [2.24, 2.45) is 23.5 Å². The molecule has 0 aliphatic heterocycles. The van der Waals surface area contributed by atoms with Crippen LogP contribution < -0.4 is 5.73 Å². The van der Waals surface area contributed by atoms with Crippen molar-refractivity contribution in [3.8, 4) is 0 Å². The second-order valence-electron chi connectivity index (χ2n) is 7.12. The standard InChI is InChI=1S/C16H29N/c17-16(15-7-3-1-2-4-8-15)11-5-6-14(12-16)13-9-10-13/h13-15H,1-12,17H2. The van der Waals surface area contributed by atoms with Gasteiger partial charge in [0.2, 0.25) is 0 Å². The Morgan fingerprint density at radius 2 is 1.41 bits per heavy atom. The zero-order valence-electron chi connectivity index (χ0n) is 11.3. The largest absolute Gasteiger partial charge is 0.325 e. The summed E-state index contributed by atoms with van der Waals surface area (Å²) in [6, 6.07) is 0. The fourth-order valence-corrected chi connectivity index (χ4v) is 4.58. The van der Waals surface area contributed by atoms with E-state index in [4.69, 9.17) is 5.73 Å². The van der Waals surface area contributed by atoms with Crippen LogP contribution in [0.1, 0.15) is 77.0 Å². The van der Waals surface area contributed by atoms with E-state index in [1.807, 2.05) is 0 Å². The molecule has 0 spiro atoms. The Kier molecular flexibility index (Phi) is 3.47. The van der Waals surface area contributed by atoms with Crippen molar-refractivity contribution in [1.82, 2.24) is 0 Å². The minimum absolute atomic E-state index is 0.232. The van der Waals surface area contributed by atoms with Crippen LogP contribution in [-0.4, -0.2) is 5.54 Å². The van der Waals surface area contributed by atoms with Crippen LogP contribution in [0.3, 0.4) is 0 Å². The van der Waals surface area contributed by atoms with Gasteiger partial charge in [-0.2, -0.15) is 0 Å². The molecule has 2 unspecified atom stereocenters. The fraction of sp³-hybridized carbons (Fsp3) is 1.00. The number of hydrogen-bond acceptors (Lipinski definition) is 1. The molecule has 3 aliphatic carbocycles. The molecule has 3 fully saturated rings. The van der Waals surface area contributed by atoms with Gasteiger partial charge >= 0.3 is 0 Å². The Morgan fingerprint density at radius 3 is 2.06 bits per heavy atom. The van der Waals surface area contributed by atoms with Gasteiger partial charge in [0.15, 0.2) is 0 Å². The van der Waals surface area contributed by atoms with Crippen LogP contribution in [0.5, 0.6) is 0 Å². The van der Waals surface area contributed by atoms with Crippen LogP contribution in [0.4, 0.5) is 0 Å². The van der Waals surface area contributed by atoms with Crippen LogP contribution in [0, 0.1) is 17.8 Å².